The second-order valence-electron chi connectivity index (χ2n) is 5.53. The van der Waals surface area contributed by atoms with Crippen molar-refractivity contribution >= 4 is 33.2 Å². The number of amides is 1. The molecule has 0 aliphatic carbocycles. The van der Waals surface area contributed by atoms with Crippen molar-refractivity contribution in [1.82, 2.24) is 4.72 Å². The number of hydrogen-bond acceptors (Lipinski definition) is 3. The first-order valence-corrected chi connectivity index (χ1v) is 9.18. The highest BCUT2D eigenvalue weighted by molar-refractivity contribution is 7.89. The third kappa shape index (κ3) is 4.35. The van der Waals surface area contributed by atoms with E-state index in [0.29, 0.717) is 10.7 Å². The van der Waals surface area contributed by atoms with Gasteiger partial charge >= 0.3 is 0 Å². The van der Waals surface area contributed by atoms with E-state index in [1.807, 2.05) is 13.8 Å². The predicted molar refractivity (Wildman–Crippen MR) is 95.9 cm³/mol. The number of sulfonamides is 1. The highest BCUT2D eigenvalue weighted by atomic mass is 35.5. The minimum absolute atomic E-state index is 0.136. The molecule has 0 unspecified atom stereocenters. The number of aryl methyl sites for hydroxylation is 2. The third-order valence-electron chi connectivity index (χ3n) is 3.75. The molecule has 2 aromatic carbocycles. The van der Waals surface area contributed by atoms with Crippen LogP contribution in [-0.2, 0) is 14.8 Å². The first kappa shape index (κ1) is 18.4. The van der Waals surface area contributed by atoms with Crippen molar-refractivity contribution in [1.29, 1.82) is 0 Å². The normalized spacial score (nSPS) is 11.3. The Hall–Kier alpha value is -1.89. The number of carbonyl (C=O) groups excluding carboxylic acids is 1. The van der Waals surface area contributed by atoms with Gasteiger partial charge in [-0.25, -0.2) is 13.1 Å². The van der Waals surface area contributed by atoms with Gasteiger partial charge in [0, 0.05) is 10.7 Å². The fraction of sp³-hybridized carbons (Fsp3) is 0.235. The summed E-state index contributed by atoms with van der Waals surface area (Å²) in [6.07, 6.45) is 0. The molecule has 0 bridgehead atoms. The van der Waals surface area contributed by atoms with E-state index >= 15 is 0 Å². The van der Waals surface area contributed by atoms with Crippen molar-refractivity contribution in [2.45, 2.75) is 25.7 Å². The Morgan fingerprint density at radius 1 is 1.08 bits per heavy atom. The summed E-state index contributed by atoms with van der Waals surface area (Å²) in [5, 5.41) is 3.18. The number of rotatable bonds is 5. The van der Waals surface area contributed by atoms with Crippen LogP contribution in [0.5, 0.6) is 0 Å². The van der Waals surface area contributed by atoms with Crippen LogP contribution in [0.4, 0.5) is 5.69 Å². The Labute approximate surface area is 147 Å². The number of nitrogens with one attached hydrogen (secondary N) is 2. The summed E-state index contributed by atoms with van der Waals surface area (Å²) in [5.74, 6) is -0.465. The Balaban J connectivity index is 2.05. The molecule has 0 saturated carbocycles. The molecule has 0 atom stereocenters. The molecule has 0 saturated heterocycles. The first-order chi connectivity index (χ1) is 11.2. The van der Waals surface area contributed by atoms with Gasteiger partial charge in [-0.3, -0.25) is 4.79 Å². The second kappa shape index (κ2) is 7.34. The third-order valence-corrected chi connectivity index (χ3v) is 5.56. The van der Waals surface area contributed by atoms with Gasteiger partial charge in [0.2, 0.25) is 15.9 Å². The zero-order valence-corrected chi connectivity index (χ0v) is 15.3. The SMILES string of the molecule is Cc1ccc(S(=O)(=O)NCC(=O)Nc2cccc(Cl)c2C)cc1C. The summed E-state index contributed by atoms with van der Waals surface area (Å²) in [6.45, 7) is 5.15. The fourth-order valence-corrected chi connectivity index (χ4v) is 3.30. The number of halogens is 1. The van der Waals surface area contributed by atoms with Crippen molar-refractivity contribution < 1.29 is 13.2 Å². The van der Waals surface area contributed by atoms with Gasteiger partial charge in [-0.1, -0.05) is 23.7 Å². The van der Waals surface area contributed by atoms with Crippen LogP contribution in [0.3, 0.4) is 0 Å². The number of hydrogen-bond donors (Lipinski definition) is 2. The maximum atomic E-state index is 12.3. The maximum absolute atomic E-state index is 12.3. The van der Waals surface area contributed by atoms with E-state index in [2.05, 4.69) is 10.0 Å². The fourth-order valence-electron chi connectivity index (χ4n) is 2.06. The van der Waals surface area contributed by atoms with Crippen LogP contribution in [0.25, 0.3) is 0 Å². The van der Waals surface area contributed by atoms with E-state index in [4.69, 9.17) is 11.6 Å². The quantitative estimate of drug-likeness (QED) is 0.853. The minimum atomic E-state index is -3.74. The van der Waals surface area contributed by atoms with Gasteiger partial charge in [0.25, 0.3) is 0 Å². The molecule has 7 heteroatoms. The van der Waals surface area contributed by atoms with Crippen molar-refractivity contribution in [3.8, 4) is 0 Å². The van der Waals surface area contributed by atoms with Crippen molar-refractivity contribution in [3.63, 3.8) is 0 Å². The van der Waals surface area contributed by atoms with E-state index in [9.17, 15) is 13.2 Å². The van der Waals surface area contributed by atoms with Crippen molar-refractivity contribution in [2.75, 3.05) is 11.9 Å². The average molecular weight is 367 g/mol. The molecule has 5 nitrogen and oxygen atoms in total. The summed E-state index contributed by atoms with van der Waals surface area (Å²) < 4.78 is 26.8. The molecule has 0 heterocycles. The maximum Gasteiger partial charge on any atom is 0.241 e. The Bertz CT molecular complexity index is 879. The molecule has 24 heavy (non-hydrogen) atoms. The minimum Gasteiger partial charge on any atom is -0.325 e. The van der Waals surface area contributed by atoms with Gasteiger partial charge in [0.1, 0.15) is 0 Å². The van der Waals surface area contributed by atoms with Gasteiger partial charge in [-0.2, -0.15) is 0 Å². The molecular formula is C17H19ClN2O3S. The standard InChI is InChI=1S/C17H19ClN2O3S/c1-11-7-8-14(9-12(11)2)24(22,23)19-10-17(21)20-16-6-4-5-15(18)13(16)3/h4-9,19H,10H2,1-3H3,(H,20,21). The van der Waals surface area contributed by atoms with Crippen LogP contribution in [0, 0.1) is 20.8 Å². The molecule has 2 N–H and O–H groups in total. The molecule has 1 amide bonds. The van der Waals surface area contributed by atoms with Crippen LogP contribution >= 0.6 is 11.6 Å². The molecular weight excluding hydrogens is 348 g/mol. The smallest absolute Gasteiger partial charge is 0.241 e. The highest BCUT2D eigenvalue weighted by Crippen LogP contribution is 2.22. The van der Waals surface area contributed by atoms with Crippen LogP contribution in [0.2, 0.25) is 5.02 Å². The van der Waals surface area contributed by atoms with Crippen LogP contribution in [0.1, 0.15) is 16.7 Å². The summed E-state index contributed by atoms with van der Waals surface area (Å²) in [4.78, 5) is 12.1. The molecule has 128 valence electrons. The van der Waals surface area contributed by atoms with Gasteiger partial charge in [-0.05, 0) is 61.7 Å². The highest BCUT2D eigenvalue weighted by Gasteiger charge is 2.16. The van der Waals surface area contributed by atoms with Crippen molar-refractivity contribution in [2.24, 2.45) is 0 Å². The zero-order valence-electron chi connectivity index (χ0n) is 13.7. The molecule has 0 aromatic heterocycles. The number of carbonyl (C=O) groups is 1. The largest absolute Gasteiger partial charge is 0.325 e. The summed E-state index contributed by atoms with van der Waals surface area (Å²) in [5.41, 5.74) is 3.16. The van der Waals surface area contributed by atoms with Crippen LogP contribution in [0.15, 0.2) is 41.3 Å². The average Bonchev–Trinajstić information content (AvgIpc) is 2.52. The molecule has 2 aromatic rings. The Kier molecular flexibility index (Phi) is 5.64. The predicted octanol–water partition coefficient (Wildman–Crippen LogP) is 3.18. The molecule has 0 spiro atoms. The molecule has 0 aliphatic heterocycles. The zero-order chi connectivity index (χ0) is 17.9. The van der Waals surface area contributed by atoms with E-state index in [1.165, 1.54) is 6.07 Å². The summed E-state index contributed by atoms with van der Waals surface area (Å²) in [7, 11) is -3.74. The lowest BCUT2D eigenvalue weighted by Gasteiger charge is -2.11. The van der Waals surface area contributed by atoms with Gasteiger partial charge < -0.3 is 5.32 Å². The topological polar surface area (TPSA) is 75.3 Å². The van der Waals surface area contributed by atoms with Gasteiger partial charge in [-0.15, -0.1) is 0 Å². The molecule has 0 aliphatic rings. The summed E-state index contributed by atoms with van der Waals surface area (Å²) in [6, 6.07) is 9.97. The monoisotopic (exact) mass is 366 g/mol. The molecule has 0 radical (unpaired) electrons. The van der Waals surface area contributed by atoms with E-state index in [1.54, 1.807) is 37.3 Å². The van der Waals surface area contributed by atoms with Crippen molar-refractivity contribution in [3.05, 3.63) is 58.1 Å². The second-order valence-corrected chi connectivity index (χ2v) is 7.71. The van der Waals surface area contributed by atoms with E-state index < -0.39 is 15.9 Å². The summed E-state index contributed by atoms with van der Waals surface area (Å²) >= 11 is 5.99. The van der Waals surface area contributed by atoms with E-state index in [-0.39, 0.29) is 11.4 Å². The Morgan fingerprint density at radius 2 is 1.79 bits per heavy atom. The Morgan fingerprint density at radius 3 is 2.46 bits per heavy atom. The van der Waals surface area contributed by atoms with Crippen LogP contribution in [-0.4, -0.2) is 20.9 Å². The van der Waals surface area contributed by atoms with E-state index in [0.717, 1.165) is 16.7 Å². The molecule has 0 fully saturated rings. The van der Waals surface area contributed by atoms with Gasteiger partial charge in [0.15, 0.2) is 0 Å². The number of benzene rings is 2. The van der Waals surface area contributed by atoms with Crippen LogP contribution < -0.4 is 10.0 Å². The lowest BCUT2D eigenvalue weighted by Crippen LogP contribution is -2.33. The lowest BCUT2D eigenvalue weighted by atomic mass is 10.1. The molecule has 2 rings (SSSR count). The number of anilines is 1. The first-order valence-electron chi connectivity index (χ1n) is 7.32. The van der Waals surface area contributed by atoms with Gasteiger partial charge in [0.05, 0.1) is 11.4 Å². The lowest BCUT2D eigenvalue weighted by molar-refractivity contribution is -0.115.